The summed E-state index contributed by atoms with van der Waals surface area (Å²) in [4.78, 5) is 52.6. The summed E-state index contributed by atoms with van der Waals surface area (Å²) in [7, 11) is 0. The third-order valence-electron chi connectivity index (χ3n) is 7.28. The smallest absolute Gasteiger partial charge is 0.259 e. The van der Waals surface area contributed by atoms with E-state index in [9.17, 15) is 14.4 Å². The molecule has 1 atom stereocenters. The molecule has 0 fully saturated rings. The molecule has 0 spiro atoms. The van der Waals surface area contributed by atoms with Crippen molar-refractivity contribution in [3.63, 3.8) is 0 Å². The van der Waals surface area contributed by atoms with Crippen LogP contribution in [0.5, 0.6) is 0 Å². The van der Waals surface area contributed by atoms with Crippen molar-refractivity contribution in [2.45, 2.75) is 32.4 Å². The van der Waals surface area contributed by atoms with Crippen LogP contribution in [0.1, 0.15) is 43.1 Å². The van der Waals surface area contributed by atoms with E-state index >= 15 is 0 Å². The number of pyridine rings is 2. The van der Waals surface area contributed by atoms with Crippen LogP contribution in [0.2, 0.25) is 5.02 Å². The fraction of sp³-hybridized carbons (Fsp3) is 0.194. The third-order valence-corrected chi connectivity index (χ3v) is 7.51. The van der Waals surface area contributed by atoms with Crippen molar-refractivity contribution in [1.29, 1.82) is 0 Å². The van der Waals surface area contributed by atoms with Crippen molar-refractivity contribution in [3.8, 4) is 0 Å². The van der Waals surface area contributed by atoms with Crippen molar-refractivity contribution in [1.82, 2.24) is 14.9 Å². The number of anilines is 2. The maximum Gasteiger partial charge on any atom is 0.259 e. The lowest BCUT2D eigenvalue weighted by Gasteiger charge is -2.29. The largest absolute Gasteiger partial charge is 0.323 e. The predicted molar refractivity (Wildman–Crippen MR) is 152 cm³/mol. The Labute approximate surface area is 236 Å². The van der Waals surface area contributed by atoms with Gasteiger partial charge in [-0.15, -0.1) is 0 Å². The molecule has 2 aromatic carbocycles. The molecule has 4 heterocycles. The van der Waals surface area contributed by atoms with Gasteiger partial charge >= 0.3 is 0 Å². The van der Waals surface area contributed by atoms with E-state index in [4.69, 9.17) is 11.6 Å². The van der Waals surface area contributed by atoms with Gasteiger partial charge in [0.05, 0.1) is 11.3 Å². The van der Waals surface area contributed by atoms with Crippen molar-refractivity contribution < 1.29 is 14.4 Å². The number of hydrogen-bond donors (Lipinski definition) is 1. The van der Waals surface area contributed by atoms with Crippen LogP contribution >= 0.6 is 11.6 Å². The SMILES string of the molecule is Cc1cnc2c(c1)CCN2C(=O)c1ccc(CN2C(=O)c3ccc(Cl)cc3NC(=O)[C@H]2Cc2ccccn2)cc1. The zero-order valence-electron chi connectivity index (χ0n) is 21.8. The topological polar surface area (TPSA) is 95.5 Å². The number of aryl methyl sites for hydroxylation is 1. The van der Waals surface area contributed by atoms with E-state index in [-0.39, 0.29) is 30.7 Å². The van der Waals surface area contributed by atoms with Crippen molar-refractivity contribution >= 4 is 40.8 Å². The maximum absolute atomic E-state index is 13.8. The summed E-state index contributed by atoms with van der Waals surface area (Å²) in [5, 5.41) is 3.30. The van der Waals surface area contributed by atoms with E-state index < -0.39 is 6.04 Å². The second-order valence-electron chi connectivity index (χ2n) is 10.1. The molecule has 40 heavy (non-hydrogen) atoms. The monoisotopic (exact) mass is 551 g/mol. The first kappa shape index (κ1) is 25.7. The summed E-state index contributed by atoms with van der Waals surface area (Å²) >= 11 is 6.16. The Kier molecular flexibility index (Phi) is 6.77. The standard InChI is InChI=1S/C31H26ClN5O3/c1-19-14-22-11-13-36(28(22)34-17-19)30(39)21-7-5-20(6-8-21)18-37-27(16-24-4-2-3-12-33-24)29(38)35-26-15-23(32)9-10-25(26)31(37)40/h2-10,12,14-15,17,27H,11,13,16,18H2,1H3,(H,35,38)/t27-/m1/s1. The van der Waals surface area contributed by atoms with E-state index in [1.807, 2.05) is 31.2 Å². The average Bonchev–Trinajstić information content (AvgIpc) is 3.34. The molecule has 0 saturated carbocycles. The van der Waals surface area contributed by atoms with E-state index in [0.717, 1.165) is 23.1 Å². The predicted octanol–water partition coefficient (Wildman–Crippen LogP) is 4.85. The molecule has 200 valence electrons. The molecule has 0 radical (unpaired) electrons. The van der Waals surface area contributed by atoms with Gasteiger partial charge in [0.15, 0.2) is 0 Å². The molecule has 0 unspecified atom stereocenters. The summed E-state index contributed by atoms with van der Waals surface area (Å²) in [6, 6.07) is 18.8. The van der Waals surface area contributed by atoms with Gasteiger partial charge in [-0.05, 0) is 72.5 Å². The Balaban J connectivity index is 1.28. The van der Waals surface area contributed by atoms with Gasteiger partial charge in [-0.3, -0.25) is 24.3 Å². The molecule has 2 aromatic heterocycles. The van der Waals surface area contributed by atoms with Crippen LogP contribution in [0.15, 0.2) is 79.1 Å². The van der Waals surface area contributed by atoms with Gasteiger partial charge in [0.25, 0.3) is 11.8 Å². The summed E-state index contributed by atoms with van der Waals surface area (Å²) in [6.45, 7) is 2.75. The number of amides is 3. The first-order valence-electron chi connectivity index (χ1n) is 13.0. The third kappa shape index (κ3) is 4.94. The minimum absolute atomic E-state index is 0.120. The Morgan fingerprint density at radius 1 is 1.05 bits per heavy atom. The van der Waals surface area contributed by atoms with Gasteiger partial charge in [0.1, 0.15) is 11.9 Å². The lowest BCUT2D eigenvalue weighted by Crippen LogP contribution is -2.46. The first-order valence-corrected chi connectivity index (χ1v) is 13.4. The summed E-state index contributed by atoms with van der Waals surface area (Å²) in [6.07, 6.45) is 4.46. The van der Waals surface area contributed by atoms with E-state index in [2.05, 4.69) is 21.4 Å². The molecule has 8 nitrogen and oxygen atoms in total. The quantitative estimate of drug-likeness (QED) is 0.383. The highest BCUT2D eigenvalue weighted by Gasteiger charge is 2.36. The van der Waals surface area contributed by atoms with Crippen LogP contribution < -0.4 is 10.2 Å². The lowest BCUT2D eigenvalue weighted by molar-refractivity contribution is -0.120. The van der Waals surface area contributed by atoms with E-state index in [1.54, 1.807) is 58.6 Å². The normalized spacial score (nSPS) is 16.3. The molecule has 1 N–H and O–H groups in total. The number of hydrogen-bond acceptors (Lipinski definition) is 5. The van der Waals surface area contributed by atoms with Gasteiger partial charge in [0, 0.05) is 48.2 Å². The highest BCUT2D eigenvalue weighted by atomic mass is 35.5. The molecule has 4 aromatic rings. The van der Waals surface area contributed by atoms with E-state index in [0.29, 0.717) is 39.9 Å². The zero-order valence-corrected chi connectivity index (χ0v) is 22.6. The molecular formula is C31H26ClN5O3. The zero-order chi connectivity index (χ0) is 27.8. The van der Waals surface area contributed by atoms with Gasteiger partial charge in [-0.1, -0.05) is 35.9 Å². The summed E-state index contributed by atoms with van der Waals surface area (Å²) < 4.78 is 0. The molecule has 0 aliphatic carbocycles. The van der Waals surface area contributed by atoms with Crippen LogP contribution in [0.25, 0.3) is 0 Å². The van der Waals surface area contributed by atoms with Gasteiger partial charge < -0.3 is 10.2 Å². The molecule has 9 heteroatoms. The molecule has 6 rings (SSSR count). The Hall–Kier alpha value is -4.56. The van der Waals surface area contributed by atoms with Crippen LogP contribution in [0.3, 0.4) is 0 Å². The van der Waals surface area contributed by atoms with Crippen LogP contribution in [-0.2, 0) is 24.2 Å². The first-order chi connectivity index (χ1) is 19.4. The minimum atomic E-state index is -0.800. The van der Waals surface area contributed by atoms with E-state index in [1.165, 1.54) is 0 Å². The highest BCUT2D eigenvalue weighted by Crippen LogP contribution is 2.30. The number of halogens is 1. The molecule has 3 amide bonds. The highest BCUT2D eigenvalue weighted by molar-refractivity contribution is 6.31. The summed E-state index contributed by atoms with van der Waals surface area (Å²) in [5.41, 5.74) is 4.90. The average molecular weight is 552 g/mol. The van der Waals surface area contributed by atoms with Crippen molar-refractivity contribution in [2.75, 3.05) is 16.8 Å². The Morgan fingerprint density at radius 2 is 1.88 bits per heavy atom. The summed E-state index contributed by atoms with van der Waals surface area (Å²) in [5.74, 6) is -0.0221. The number of carbonyl (C=O) groups is 3. The molecule has 2 aliphatic rings. The molecule has 2 aliphatic heterocycles. The number of nitrogens with zero attached hydrogens (tertiary/aromatic N) is 4. The van der Waals surface area contributed by atoms with Gasteiger partial charge in [0.2, 0.25) is 5.91 Å². The number of rotatable bonds is 5. The number of fused-ring (bicyclic) bond motifs is 2. The van der Waals surface area contributed by atoms with Crippen molar-refractivity contribution in [2.24, 2.45) is 0 Å². The second kappa shape index (κ2) is 10.5. The van der Waals surface area contributed by atoms with Gasteiger partial charge in [-0.25, -0.2) is 4.98 Å². The van der Waals surface area contributed by atoms with Gasteiger partial charge in [-0.2, -0.15) is 0 Å². The maximum atomic E-state index is 13.8. The minimum Gasteiger partial charge on any atom is -0.323 e. The number of benzene rings is 2. The number of nitrogens with one attached hydrogen (secondary N) is 1. The van der Waals surface area contributed by atoms with Crippen LogP contribution in [-0.4, -0.2) is 45.2 Å². The van der Waals surface area contributed by atoms with Crippen LogP contribution in [0.4, 0.5) is 11.5 Å². The Morgan fingerprint density at radius 3 is 2.65 bits per heavy atom. The molecular weight excluding hydrogens is 526 g/mol. The molecule has 0 saturated heterocycles. The van der Waals surface area contributed by atoms with Crippen molar-refractivity contribution in [3.05, 3.63) is 118 Å². The number of aromatic nitrogens is 2. The number of carbonyl (C=O) groups excluding carboxylic acids is 3. The molecule has 0 bridgehead atoms. The van der Waals surface area contributed by atoms with Crippen LogP contribution in [0, 0.1) is 6.92 Å². The second-order valence-corrected chi connectivity index (χ2v) is 10.5. The fourth-order valence-corrected chi connectivity index (χ4v) is 5.42. The fourth-order valence-electron chi connectivity index (χ4n) is 5.25. The lowest BCUT2D eigenvalue weighted by atomic mass is 10.0. The Bertz CT molecular complexity index is 1620.